The van der Waals surface area contributed by atoms with E-state index < -0.39 is 14.8 Å². The number of piperidine rings is 2. The van der Waals surface area contributed by atoms with Crippen LogP contribution in [0.1, 0.15) is 122 Å². The summed E-state index contributed by atoms with van der Waals surface area (Å²) >= 11 is 11.6. The second-order valence-corrected chi connectivity index (χ2v) is 18.7. The van der Waals surface area contributed by atoms with Gasteiger partial charge in [-0.2, -0.15) is 5.26 Å². The van der Waals surface area contributed by atoms with Crippen molar-refractivity contribution in [1.29, 1.82) is 5.26 Å². The summed E-state index contributed by atoms with van der Waals surface area (Å²) in [5, 5.41) is 48.8. The molecule has 26 heteroatoms. The van der Waals surface area contributed by atoms with Crippen LogP contribution in [0, 0.1) is 69.4 Å². The van der Waals surface area contributed by atoms with Gasteiger partial charge in [0.2, 0.25) is 17.1 Å². The number of nitrogens with two attached hydrogens (primary N) is 2. The van der Waals surface area contributed by atoms with E-state index in [9.17, 15) is 49.5 Å². The Bertz CT molecular complexity index is 2610. The zero-order chi connectivity index (χ0) is 57.8. The van der Waals surface area contributed by atoms with Crippen molar-refractivity contribution in [1.82, 2.24) is 0 Å². The van der Waals surface area contributed by atoms with Crippen LogP contribution in [0.15, 0.2) is 72.8 Å². The van der Waals surface area contributed by atoms with Crippen molar-refractivity contribution in [3.63, 3.8) is 0 Å². The second kappa shape index (κ2) is 48.7. The number of nitrogen functional groups attached to an aromatic ring is 2. The molecule has 0 saturated carbocycles. The molecule has 2 fully saturated rings. The summed E-state index contributed by atoms with van der Waals surface area (Å²) in [6.07, 6.45) is 10.5. The fourth-order valence-electron chi connectivity index (χ4n) is 7.00. The van der Waals surface area contributed by atoms with Crippen molar-refractivity contribution < 1.29 is 190 Å². The number of nitro benzene ring substituents is 3. The Morgan fingerprint density at radius 3 is 1.47 bits per heavy atom. The second-order valence-electron chi connectivity index (χ2n) is 16.7. The van der Waals surface area contributed by atoms with Crippen LogP contribution in [0.2, 0.25) is 0 Å². The first-order valence-corrected chi connectivity index (χ1v) is 26.5. The molecule has 2 aliphatic rings. The number of rotatable bonds is 16. The molecule has 0 atom stereocenters. The van der Waals surface area contributed by atoms with Crippen molar-refractivity contribution in [2.24, 2.45) is 0 Å². The summed E-state index contributed by atoms with van der Waals surface area (Å²) in [7, 11) is 0. The SMILES string of the molecule is C.CC#N.Cc1cc(N)ccc1N1CCCCC1=O.Cc1cc([N+](=O)[O-])ccc1CC(=O)CCCCBr.Cc1cc([N+](=O)[O-])ccc1N.Cc1cc([N+](=O)[O-])ccc1N1CCCCC1=O.O=C(Cl)CCCCBr.O=CO[O-].[Cs+].[Cs+].[H-].[HH]. The summed E-state index contributed by atoms with van der Waals surface area (Å²) in [5.41, 5.74) is 18.8. The van der Waals surface area contributed by atoms with Gasteiger partial charge in [-0.25, -0.2) is 0 Å². The first-order chi connectivity index (χ1) is 36.0. The van der Waals surface area contributed by atoms with Gasteiger partial charge in [-0.1, -0.05) is 45.4 Å². The minimum Gasteiger partial charge on any atom is -1.00 e. The number of hydrogen-bond donors (Lipinski definition) is 2. The molecular formula is C53H73Br2ClCs2N8O13. The van der Waals surface area contributed by atoms with Gasteiger partial charge in [0.1, 0.15) is 5.78 Å². The third-order valence-corrected chi connectivity index (χ3v) is 12.2. The van der Waals surface area contributed by atoms with Crippen LogP contribution in [0.5, 0.6) is 0 Å². The Kier molecular flexibility index (Phi) is 51.0. The van der Waals surface area contributed by atoms with Crippen molar-refractivity contribution in [2.75, 3.05) is 45.0 Å². The minimum atomic E-state index is -0.438. The smallest absolute Gasteiger partial charge is 1.00 e. The van der Waals surface area contributed by atoms with Crippen LogP contribution in [-0.2, 0) is 35.3 Å². The van der Waals surface area contributed by atoms with Crippen LogP contribution in [0.3, 0.4) is 0 Å². The van der Waals surface area contributed by atoms with Gasteiger partial charge in [-0.05, 0) is 149 Å². The average molecular weight is 1490 g/mol. The van der Waals surface area contributed by atoms with Crippen LogP contribution in [-0.4, -0.2) is 67.8 Å². The minimum absolute atomic E-state index is 0. The number of non-ortho nitro benzene ring substituents is 3. The summed E-state index contributed by atoms with van der Waals surface area (Å²) in [6, 6.07) is 21.1. The number of unbranched alkanes of at least 4 members (excludes halogenated alkanes) is 2. The molecule has 0 bridgehead atoms. The summed E-state index contributed by atoms with van der Waals surface area (Å²) < 4.78 is 0. The molecule has 21 nitrogen and oxygen atoms in total. The maximum Gasteiger partial charge on any atom is 1.00 e. The van der Waals surface area contributed by atoms with Gasteiger partial charge in [0.05, 0.1) is 20.8 Å². The van der Waals surface area contributed by atoms with E-state index in [0.717, 1.165) is 113 Å². The molecule has 0 spiro atoms. The van der Waals surface area contributed by atoms with Gasteiger partial charge in [0.15, 0.2) is 0 Å². The molecule has 4 aromatic carbocycles. The standard InChI is InChI=1S/C13H16BrNO3.C12H14N2O3.C12H16N2O.C7H8N2O2.C5H8BrClO.C2H3N.CH2O3.CH4.2Cs.H2.H/c1-10-8-12(15(17)18)6-5-11(10)9-13(16)4-2-3-7-14;1-9-8-10(14(16)17)5-6-11(9)13-7-3-2-4-12(13)15;1-9-8-10(13)5-6-11(9)14-7-3-2-4-12(14)15;1-5-4-6(9(10)11)2-3-7(5)8;6-4-2-1-3-5(7)8;1-2-3;2-1-4-3;;;;;/h5-6,8H,2-4,7,9H2,1H3;5-6,8H,2-4,7H2,1H3;5-6,8H,2-4,7,13H2,1H3;2-4H,8H2,1H3;1-4H2;1H3;1,3H;1H4;;;1H;/q;;;;;;;;2*+1;;-1/p-1. The Balaban J connectivity index is -0.000000211. The Hall–Kier alpha value is -2.77. The van der Waals surface area contributed by atoms with E-state index in [1.54, 1.807) is 43.9 Å². The first-order valence-electron chi connectivity index (χ1n) is 23.8. The Labute approximate surface area is 605 Å². The molecule has 0 radical (unpaired) electrons. The topological polar surface area (TPSA) is 329 Å². The third kappa shape index (κ3) is 35.8. The van der Waals surface area contributed by atoms with E-state index in [1.807, 2.05) is 30.0 Å². The molecule has 6 rings (SSSR count). The van der Waals surface area contributed by atoms with Crippen LogP contribution < -0.4 is 164 Å². The van der Waals surface area contributed by atoms with Crippen molar-refractivity contribution in [2.45, 2.75) is 126 Å². The van der Waals surface area contributed by atoms with Crippen molar-refractivity contribution >= 4 is 113 Å². The van der Waals surface area contributed by atoms with Crippen molar-refractivity contribution in [3.8, 4) is 6.07 Å². The number of hydrogen-bond acceptors (Lipinski definition) is 16. The monoisotopic (exact) mass is 1490 g/mol. The number of anilines is 4. The number of ketones is 1. The Morgan fingerprint density at radius 2 is 1.10 bits per heavy atom. The molecular weight excluding hydrogens is 1420 g/mol. The zero-order valence-corrected chi connectivity index (χ0v) is 61.8. The number of nitriles is 1. The van der Waals surface area contributed by atoms with Gasteiger partial charge < -0.3 is 32.8 Å². The quantitative estimate of drug-likeness (QED) is 0.0194. The number of halogens is 3. The predicted octanol–water partition coefficient (Wildman–Crippen LogP) is 5.86. The molecule has 4 aromatic rings. The number of nitro groups is 3. The maximum absolute atomic E-state index is 11.8. The van der Waals surface area contributed by atoms with E-state index in [-0.39, 0.29) is 194 Å². The molecule has 0 aliphatic carbocycles. The summed E-state index contributed by atoms with van der Waals surface area (Å²) in [6.45, 7) is 10.1. The van der Waals surface area contributed by atoms with E-state index in [1.165, 1.54) is 49.4 Å². The number of Topliss-reactive ketones (excluding diaryl/α,β-unsaturated/α-hetero) is 1. The average Bonchev–Trinajstić information content (AvgIpc) is 3.37. The number of carbonyl (C=O) groups excluding carboxylic acids is 5. The molecule has 4 N–H and O–H groups in total. The summed E-state index contributed by atoms with van der Waals surface area (Å²) in [4.78, 5) is 90.3. The first kappa shape index (κ1) is 82.7. The van der Waals surface area contributed by atoms with E-state index in [0.29, 0.717) is 44.3 Å². The molecule has 2 heterocycles. The van der Waals surface area contributed by atoms with Crippen molar-refractivity contribution in [3.05, 3.63) is 131 Å². The molecule has 2 amide bonds. The molecule has 426 valence electrons. The number of aryl methyl sites for hydroxylation is 4. The van der Waals surface area contributed by atoms with Gasteiger partial charge in [0, 0.05) is 123 Å². The van der Waals surface area contributed by atoms with E-state index >= 15 is 0 Å². The van der Waals surface area contributed by atoms with Crippen LogP contribution >= 0.6 is 43.5 Å². The van der Waals surface area contributed by atoms with Crippen LogP contribution in [0.25, 0.3) is 0 Å². The van der Waals surface area contributed by atoms with Crippen LogP contribution in [0.4, 0.5) is 39.8 Å². The number of alkyl halides is 2. The molecule has 0 aromatic heterocycles. The molecule has 2 aliphatic heterocycles. The van der Waals surface area contributed by atoms with Gasteiger partial charge in [0.25, 0.3) is 23.5 Å². The zero-order valence-electron chi connectivity index (χ0n) is 46.3. The molecule has 2 saturated heterocycles. The predicted molar refractivity (Wildman–Crippen MR) is 309 cm³/mol. The van der Waals surface area contributed by atoms with Gasteiger partial charge in [-0.15, -0.1) is 0 Å². The van der Waals surface area contributed by atoms with Gasteiger partial charge in [-0.3, -0.25) is 54.3 Å². The largest absolute Gasteiger partial charge is 1.00 e. The Morgan fingerprint density at radius 1 is 0.709 bits per heavy atom. The van der Waals surface area contributed by atoms with Gasteiger partial charge >= 0.3 is 138 Å². The molecule has 79 heavy (non-hydrogen) atoms. The molecule has 0 unspecified atom stereocenters. The number of amides is 2. The van der Waals surface area contributed by atoms with E-state index in [4.69, 9.17) is 38.4 Å². The van der Waals surface area contributed by atoms with E-state index in [2.05, 4.69) is 36.7 Å². The fourth-order valence-corrected chi connectivity index (χ4v) is 7.93. The summed E-state index contributed by atoms with van der Waals surface area (Å²) in [5.74, 6) is 0.523. The fraction of sp³-hybridized carbons (Fsp3) is 0.434. The number of carbonyl (C=O) groups is 5. The number of nitrogens with zero attached hydrogens (tertiary/aromatic N) is 6. The number of benzene rings is 4. The third-order valence-electron chi connectivity index (χ3n) is 10.9. The normalized spacial score (nSPS) is 11.6. The maximum atomic E-state index is 11.8.